The number of aromatic nitrogens is 3. The van der Waals surface area contributed by atoms with E-state index in [0.29, 0.717) is 17.4 Å². The Morgan fingerprint density at radius 1 is 1.35 bits per heavy atom. The van der Waals surface area contributed by atoms with Crippen LogP contribution in [0.5, 0.6) is 0 Å². The molecule has 0 unspecified atom stereocenters. The SMILES string of the molecule is CC1CCC(c2noc(-c3cc(C#N)cn3C)n2)CC1. The molecule has 2 heterocycles. The minimum Gasteiger partial charge on any atom is -0.345 e. The highest BCUT2D eigenvalue weighted by molar-refractivity contribution is 5.52. The van der Waals surface area contributed by atoms with E-state index in [1.807, 2.05) is 11.6 Å². The first kappa shape index (κ1) is 12.9. The number of hydrogen-bond acceptors (Lipinski definition) is 4. The summed E-state index contributed by atoms with van der Waals surface area (Å²) in [5.41, 5.74) is 1.40. The lowest BCUT2D eigenvalue weighted by atomic mass is 9.83. The molecule has 5 nitrogen and oxygen atoms in total. The highest BCUT2D eigenvalue weighted by Gasteiger charge is 2.24. The van der Waals surface area contributed by atoms with Crippen molar-refractivity contribution >= 4 is 0 Å². The summed E-state index contributed by atoms with van der Waals surface area (Å²) in [4.78, 5) is 4.53. The van der Waals surface area contributed by atoms with Crippen molar-refractivity contribution in [3.63, 3.8) is 0 Å². The highest BCUT2D eigenvalue weighted by atomic mass is 16.5. The second-order valence-electron chi connectivity index (χ2n) is 5.75. The Morgan fingerprint density at radius 3 is 2.75 bits per heavy atom. The van der Waals surface area contributed by atoms with Gasteiger partial charge in [0.25, 0.3) is 5.89 Å². The topological polar surface area (TPSA) is 67.6 Å². The van der Waals surface area contributed by atoms with Gasteiger partial charge in [-0.3, -0.25) is 0 Å². The van der Waals surface area contributed by atoms with Gasteiger partial charge < -0.3 is 9.09 Å². The van der Waals surface area contributed by atoms with Gasteiger partial charge in [-0.15, -0.1) is 0 Å². The Morgan fingerprint density at radius 2 is 2.10 bits per heavy atom. The maximum absolute atomic E-state index is 8.93. The summed E-state index contributed by atoms with van der Waals surface area (Å²) in [6.45, 7) is 2.30. The van der Waals surface area contributed by atoms with E-state index in [1.165, 1.54) is 12.8 Å². The van der Waals surface area contributed by atoms with Gasteiger partial charge in [0.15, 0.2) is 5.82 Å². The molecule has 0 saturated heterocycles. The average Bonchev–Trinajstić information content (AvgIpc) is 3.06. The van der Waals surface area contributed by atoms with Crippen LogP contribution < -0.4 is 0 Å². The van der Waals surface area contributed by atoms with Gasteiger partial charge in [-0.1, -0.05) is 24.9 Å². The molecule has 2 aromatic heterocycles. The van der Waals surface area contributed by atoms with Gasteiger partial charge in [0, 0.05) is 19.2 Å². The summed E-state index contributed by atoms with van der Waals surface area (Å²) < 4.78 is 7.22. The fraction of sp³-hybridized carbons (Fsp3) is 0.533. The molecular weight excluding hydrogens is 252 g/mol. The zero-order valence-corrected chi connectivity index (χ0v) is 11.8. The van der Waals surface area contributed by atoms with Crippen molar-refractivity contribution in [1.29, 1.82) is 5.26 Å². The van der Waals surface area contributed by atoms with Crippen molar-refractivity contribution in [2.75, 3.05) is 0 Å². The van der Waals surface area contributed by atoms with Gasteiger partial charge in [-0.2, -0.15) is 10.2 Å². The first-order valence-electron chi connectivity index (χ1n) is 7.08. The number of aryl methyl sites for hydroxylation is 1. The van der Waals surface area contributed by atoms with E-state index < -0.39 is 0 Å². The zero-order chi connectivity index (χ0) is 14.1. The lowest BCUT2D eigenvalue weighted by molar-refractivity contribution is 0.328. The van der Waals surface area contributed by atoms with Crippen molar-refractivity contribution in [1.82, 2.24) is 14.7 Å². The van der Waals surface area contributed by atoms with Crippen molar-refractivity contribution in [3.05, 3.63) is 23.7 Å². The molecule has 0 amide bonds. The van der Waals surface area contributed by atoms with E-state index >= 15 is 0 Å². The highest BCUT2D eigenvalue weighted by Crippen LogP contribution is 2.34. The first-order chi connectivity index (χ1) is 9.67. The van der Waals surface area contributed by atoms with Crippen molar-refractivity contribution < 1.29 is 4.52 Å². The normalized spacial score (nSPS) is 22.6. The van der Waals surface area contributed by atoms with E-state index in [1.54, 1.807) is 12.3 Å². The molecule has 1 aliphatic rings. The third-order valence-electron chi connectivity index (χ3n) is 4.18. The number of nitriles is 1. The zero-order valence-electron chi connectivity index (χ0n) is 11.8. The summed E-state index contributed by atoms with van der Waals surface area (Å²) in [6, 6.07) is 3.90. The third-order valence-corrected chi connectivity index (χ3v) is 4.18. The van der Waals surface area contributed by atoms with Gasteiger partial charge in [0.2, 0.25) is 0 Å². The minimum atomic E-state index is 0.416. The largest absolute Gasteiger partial charge is 0.345 e. The Hall–Kier alpha value is -2.09. The van der Waals surface area contributed by atoms with Gasteiger partial charge in [-0.25, -0.2) is 0 Å². The molecule has 0 N–H and O–H groups in total. The molecular formula is C15H18N4O. The van der Waals surface area contributed by atoms with Crippen LogP contribution in [-0.2, 0) is 7.05 Å². The Balaban J connectivity index is 1.83. The summed E-state index contributed by atoms with van der Waals surface area (Å²) in [5, 5.41) is 13.1. The predicted molar refractivity (Wildman–Crippen MR) is 73.8 cm³/mol. The fourth-order valence-electron chi connectivity index (χ4n) is 2.86. The molecule has 2 aromatic rings. The van der Waals surface area contributed by atoms with Crippen molar-refractivity contribution in [3.8, 4) is 17.7 Å². The quantitative estimate of drug-likeness (QED) is 0.840. The van der Waals surface area contributed by atoms with Crippen LogP contribution in [0.15, 0.2) is 16.8 Å². The molecule has 0 atom stereocenters. The third kappa shape index (κ3) is 2.34. The van der Waals surface area contributed by atoms with Crippen LogP contribution >= 0.6 is 0 Å². The van der Waals surface area contributed by atoms with Crippen molar-refractivity contribution in [2.45, 2.75) is 38.5 Å². The number of rotatable bonds is 2. The maximum Gasteiger partial charge on any atom is 0.274 e. The van der Waals surface area contributed by atoms with Gasteiger partial charge >= 0.3 is 0 Å². The molecule has 1 fully saturated rings. The fourth-order valence-corrected chi connectivity index (χ4v) is 2.86. The molecule has 1 aliphatic carbocycles. The molecule has 0 bridgehead atoms. The van der Waals surface area contributed by atoms with E-state index in [0.717, 1.165) is 30.3 Å². The Labute approximate surface area is 118 Å². The molecule has 20 heavy (non-hydrogen) atoms. The maximum atomic E-state index is 8.93. The lowest BCUT2D eigenvalue weighted by Gasteiger charge is -2.23. The Bertz CT molecular complexity index is 641. The molecule has 0 spiro atoms. The molecule has 3 rings (SSSR count). The summed E-state index contributed by atoms with van der Waals surface area (Å²) in [6.07, 6.45) is 6.50. The van der Waals surface area contributed by atoms with Crippen LogP contribution in [0.2, 0.25) is 0 Å². The van der Waals surface area contributed by atoms with Crippen LogP contribution in [-0.4, -0.2) is 14.7 Å². The molecule has 5 heteroatoms. The van der Waals surface area contributed by atoms with E-state index in [-0.39, 0.29) is 0 Å². The molecule has 104 valence electrons. The molecule has 0 aromatic carbocycles. The van der Waals surface area contributed by atoms with Crippen LogP contribution in [0.3, 0.4) is 0 Å². The second-order valence-corrected chi connectivity index (χ2v) is 5.75. The van der Waals surface area contributed by atoms with Crippen LogP contribution in [0.25, 0.3) is 11.6 Å². The number of nitrogens with zero attached hydrogens (tertiary/aromatic N) is 4. The molecule has 0 aliphatic heterocycles. The Kier molecular flexibility index (Phi) is 3.31. The second kappa shape index (κ2) is 5.12. The van der Waals surface area contributed by atoms with Gasteiger partial charge in [-0.05, 0) is 24.8 Å². The molecule has 0 radical (unpaired) electrons. The van der Waals surface area contributed by atoms with E-state index in [4.69, 9.17) is 9.78 Å². The summed E-state index contributed by atoms with van der Waals surface area (Å²) >= 11 is 0. The predicted octanol–water partition coefficient (Wildman–Crippen LogP) is 3.24. The van der Waals surface area contributed by atoms with E-state index in [9.17, 15) is 0 Å². The molecule has 1 saturated carbocycles. The number of hydrogen-bond donors (Lipinski definition) is 0. The lowest BCUT2D eigenvalue weighted by Crippen LogP contribution is -2.11. The summed E-state index contributed by atoms with van der Waals surface area (Å²) in [5.74, 6) is 2.54. The first-order valence-corrected chi connectivity index (χ1v) is 7.08. The van der Waals surface area contributed by atoms with Gasteiger partial charge in [0.05, 0.1) is 5.56 Å². The average molecular weight is 270 g/mol. The monoisotopic (exact) mass is 270 g/mol. The van der Waals surface area contributed by atoms with Crippen molar-refractivity contribution in [2.24, 2.45) is 13.0 Å². The van der Waals surface area contributed by atoms with Gasteiger partial charge in [0.1, 0.15) is 11.8 Å². The van der Waals surface area contributed by atoms with Crippen LogP contribution in [0.4, 0.5) is 0 Å². The standard InChI is InChI=1S/C15H18N4O/c1-10-3-5-12(6-4-10)14-17-15(20-18-14)13-7-11(8-16)9-19(13)2/h7,9-10,12H,3-6H2,1-2H3. The summed E-state index contributed by atoms with van der Waals surface area (Å²) in [7, 11) is 1.88. The van der Waals surface area contributed by atoms with Crippen LogP contribution in [0, 0.1) is 17.2 Å². The smallest absolute Gasteiger partial charge is 0.274 e. The van der Waals surface area contributed by atoms with Crippen LogP contribution in [0.1, 0.15) is 49.9 Å². The minimum absolute atomic E-state index is 0.416. The van der Waals surface area contributed by atoms with E-state index in [2.05, 4.69) is 23.1 Å².